The first-order valence-electron chi connectivity index (χ1n) is 11.1. The fourth-order valence-corrected chi connectivity index (χ4v) is 4.93. The number of benzene rings is 2. The van der Waals surface area contributed by atoms with Crippen LogP contribution in [0, 0.1) is 0 Å². The van der Waals surface area contributed by atoms with E-state index in [-0.39, 0.29) is 11.9 Å². The summed E-state index contributed by atoms with van der Waals surface area (Å²) in [6.45, 7) is 0.695. The predicted molar refractivity (Wildman–Crippen MR) is 119 cm³/mol. The molecule has 2 aliphatic carbocycles. The third kappa shape index (κ3) is 3.32. The van der Waals surface area contributed by atoms with Crippen LogP contribution in [-0.4, -0.2) is 42.9 Å². The van der Waals surface area contributed by atoms with Crippen molar-refractivity contribution in [3.8, 4) is 0 Å². The van der Waals surface area contributed by atoms with Crippen LogP contribution >= 0.6 is 0 Å². The van der Waals surface area contributed by atoms with Gasteiger partial charge < -0.3 is 4.90 Å². The zero-order valence-electron chi connectivity index (χ0n) is 17.4. The molecule has 2 aromatic carbocycles. The molecule has 1 atom stereocenters. The number of hydrogen-bond acceptors (Lipinski definition) is 3. The smallest absolute Gasteiger partial charge is 0.255 e. The zero-order chi connectivity index (χ0) is 20.8. The minimum atomic E-state index is 0.143. The monoisotopic (exact) mass is 411 g/mol. The number of rotatable bonds is 5. The van der Waals surface area contributed by atoms with Gasteiger partial charge in [-0.1, -0.05) is 36.4 Å². The number of amides is 1. The first-order valence-corrected chi connectivity index (χ1v) is 11.1. The summed E-state index contributed by atoms with van der Waals surface area (Å²) >= 11 is 0. The second-order valence-electron chi connectivity index (χ2n) is 8.74. The van der Waals surface area contributed by atoms with Crippen LogP contribution in [0.4, 0.5) is 0 Å². The summed E-state index contributed by atoms with van der Waals surface area (Å²) in [7, 11) is 0. The van der Waals surface area contributed by atoms with Gasteiger partial charge in [-0.05, 0) is 55.4 Å². The van der Waals surface area contributed by atoms with Crippen LogP contribution in [0.3, 0.4) is 0 Å². The molecular weight excluding hydrogens is 386 g/mol. The molecule has 0 bridgehead atoms. The minimum Gasteiger partial charge on any atom is -0.332 e. The lowest BCUT2D eigenvalue weighted by molar-refractivity contribution is 0.0645. The Balaban J connectivity index is 1.33. The number of hydrogen-bond donors (Lipinski definition) is 1. The van der Waals surface area contributed by atoms with Crippen molar-refractivity contribution < 1.29 is 4.79 Å². The number of carbonyl (C=O) groups is 1. The van der Waals surface area contributed by atoms with Crippen molar-refractivity contribution in [2.24, 2.45) is 0 Å². The number of aryl methyl sites for hydroxylation is 1. The van der Waals surface area contributed by atoms with Gasteiger partial charge >= 0.3 is 0 Å². The van der Waals surface area contributed by atoms with E-state index >= 15 is 0 Å². The van der Waals surface area contributed by atoms with E-state index in [1.165, 1.54) is 16.8 Å². The van der Waals surface area contributed by atoms with E-state index in [0.717, 1.165) is 48.6 Å². The standard InChI is InChI=1S/C25H25N5O/c31-25(30(19-9-10-19)20-11-12-23-18(13-20)14-26-28-23)21-7-4-8-24-22(21)15-27-29(24)16-17-5-2-1-3-6-17/h1-8,14-15,19-20H,9-13,16H2,(H,26,28). The molecular formula is C25H25N5O. The summed E-state index contributed by atoms with van der Waals surface area (Å²) < 4.78 is 1.99. The zero-order valence-corrected chi connectivity index (χ0v) is 17.4. The Bertz CT molecular complexity index is 1240. The number of aromatic nitrogens is 4. The van der Waals surface area contributed by atoms with Crippen molar-refractivity contribution in [1.29, 1.82) is 0 Å². The van der Waals surface area contributed by atoms with Crippen LogP contribution in [0.5, 0.6) is 0 Å². The maximum absolute atomic E-state index is 13.8. The summed E-state index contributed by atoms with van der Waals surface area (Å²) in [5.41, 5.74) is 5.45. The van der Waals surface area contributed by atoms with E-state index in [1.54, 1.807) is 0 Å². The number of H-pyrrole nitrogens is 1. The summed E-state index contributed by atoms with van der Waals surface area (Å²) in [6, 6.07) is 16.9. The molecule has 1 fully saturated rings. The van der Waals surface area contributed by atoms with E-state index in [4.69, 9.17) is 0 Å². The molecule has 6 rings (SSSR count). The lowest BCUT2D eigenvalue weighted by atomic mass is 9.91. The molecule has 4 aromatic rings. The third-order valence-electron chi connectivity index (χ3n) is 6.65. The van der Waals surface area contributed by atoms with Gasteiger partial charge in [0.25, 0.3) is 5.91 Å². The first kappa shape index (κ1) is 18.4. The van der Waals surface area contributed by atoms with Crippen LogP contribution < -0.4 is 0 Å². The SMILES string of the molecule is O=C(c1cccc2c1cnn2Cc1ccccc1)N(C1CC1)C1CCc2[nH]ncc2C1. The fraction of sp³-hybridized carbons (Fsp3) is 0.320. The molecule has 6 heteroatoms. The van der Waals surface area contributed by atoms with Gasteiger partial charge in [-0.3, -0.25) is 14.6 Å². The lowest BCUT2D eigenvalue weighted by Crippen LogP contribution is -2.44. The molecule has 6 nitrogen and oxygen atoms in total. The highest BCUT2D eigenvalue weighted by Gasteiger charge is 2.39. The number of nitrogens with zero attached hydrogens (tertiary/aromatic N) is 4. The van der Waals surface area contributed by atoms with E-state index in [9.17, 15) is 4.79 Å². The Labute approximate surface area is 180 Å². The summed E-state index contributed by atoms with van der Waals surface area (Å²) in [5.74, 6) is 0.143. The fourth-order valence-electron chi connectivity index (χ4n) is 4.93. The average molecular weight is 412 g/mol. The molecule has 0 spiro atoms. The lowest BCUT2D eigenvalue weighted by Gasteiger charge is -2.34. The van der Waals surface area contributed by atoms with Gasteiger partial charge in [-0.2, -0.15) is 10.2 Å². The Morgan fingerprint density at radius 3 is 2.74 bits per heavy atom. The Hall–Kier alpha value is -3.41. The quantitative estimate of drug-likeness (QED) is 0.540. The highest BCUT2D eigenvalue weighted by molar-refractivity contribution is 6.06. The van der Waals surface area contributed by atoms with E-state index in [2.05, 4.69) is 38.4 Å². The molecule has 0 saturated heterocycles. The highest BCUT2D eigenvalue weighted by Crippen LogP contribution is 2.35. The highest BCUT2D eigenvalue weighted by atomic mass is 16.2. The van der Waals surface area contributed by atoms with Gasteiger partial charge in [0.2, 0.25) is 0 Å². The summed E-state index contributed by atoms with van der Waals surface area (Å²) in [4.78, 5) is 16.0. The maximum Gasteiger partial charge on any atom is 0.255 e. The van der Waals surface area contributed by atoms with Crippen LogP contribution in [0.25, 0.3) is 10.9 Å². The topological polar surface area (TPSA) is 66.8 Å². The molecule has 1 amide bonds. The Morgan fingerprint density at radius 1 is 1.03 bits per heavy atom. The van der Waals surface area contributed by atoms with Crippen molar-refractivity contribution in [3.05, 3.63) is 83.3 Å². The summed E-state index contributed by atoms with van der Waals surface area (Å²) in [6.07, 6.45) is 8.80. The normalized spacial score (nSPS) is 18.1. The van der Waals surface area contributed by atoms with E-state index in [1.807, 2.05) is 47.4 Å². The summed E-state index contributed by atoms with van der Waals surface area (Å²) in [5, 5.41) is 12.9. The van der Waals surface area contributed by atoms with E-state index in [0.29, 0.717) is 12.6 Å². The number of aromatic amines is 1. The largest absolute Gasteiger partial charge is 0.332 e. The third-order valence-corrected chi connectivity index (χ3v) is 6.65. The minimum absolute atomic E-state index is 0.143. The molecule has 1 saturated carbocycles. The van der Waals surface area contributed by atoms with Gasteiger partial charge in [0, 0.05) is 23.2 Å². The second kappa shape index (κ2) is 7.38. The van der Waals surface area contributed by atoms with Gasteiger partial charge in [-0.25, -0.2) is 0 Å². The molecule has 156 valence electrons. The Kier molecular flexibility index (Phi) is 4.37. The van der Waals surface area contributed by atoms with Gasteiger partial charge in [-0.15, -0.1) is 0 Å². The van der Waals surface area contributed by atoms with Crippen molar-refractivity contribution in [3.63, 3.8) is 0 Å². The number of carbonyl (C=O) groups excluding carboxylic acids is 1. The second-order valence-corrected chi connectivity index (χ2v) is 8.74. The molecule has 31 heavy (non-hydrogen) atoms. The maximum atomic E-state index is 13.8. The predicted octanol–water partition coefficient (Wildman–Crippen LogP) is 3.97. The van der Waals surface area contributed by atoms with Gasteiger partial charge in [0.15, 0.2) is 0 Å². The first-order chi connectivity index (χ1) is 15.3. The van der Waals surface area contributed by atoms with Crippen LogP contribution in [0.15, 0.2) is 60.9 Å². The number of fused-ring (bicyclic) bond motifs is 2. The van der Waals surface area contributed by atoms with Crippen molar-refractivity contribution in [2.45, 2.75) is 50.7 Å². The van der Waals surface area contributed by atoms with Crippen molar-refractivity contribution in [2.75, 3.05) is 0 Å². The van der Waals surface area contributed by atoms with Gasteiger partial charge in [0.1, 0.15) is 0 Å². The van der Waals surface area contributed by atoms with Crippen LogP contribution in [0.1, 0.15) is 46.4 Å². The molecule has 0 radical (unpaired) electrons. The van der Waals surface area contributed by atoms with Crippen molar-refractivity contribution >= 4 is 16.8 Å². The van der Waals surface area contributed by atoms with E-state index < -0.39 is 0 Å². The van der Waals surface area contributed by atoms with Gasteiger partial charge in [0.05, 0.1) is 30.0 Å². The molecule has 1 N–H and O–H groups in total. The molecule has 2 heterocycles. The number of nitrogens with one attached hydrogen (secondary N) is 1. The van der Waals surface area contributed by atoms with Crippen LogP contribution in [-0.2, 0) is 19.4 Å². The molecule has 2 aliphatic rings. The Morgan fingerprint density at radius 2 is 1.90 bits per heavy atom. The molecule has 1 unspecified atom stereocenters. The molecule has 2 aromatic heterocycles. The van der Waals surface area contributed by atoms with Crippen LogP contribution in [0.2, 0.25) is 0 Å². The van der Waals surface area contributed by atoms with Crippen molar-refractivity contribution in [1.82, 2.24) is 24.9 Å². The average Bonchev–Trinajstić information content (AvgIpc) is 3.37. The molecule has 0 aliphatic heterocycles.